The Morgan fingerprint density at radius 3 is 2.14 bits per heavy atom. The molecule has 4 aromatic carbocycles. The number of halogens is 5. The number of benzene rings is 4. The van der Waals surface area contributed by atoms with E-state index in [4.69, 9.17) is 33.3 Å². The van der Waals surface area contributed by atoms with Crippen LogP contribution >= 0.6 is 23.2 Å². The minimum Gasteiger partial charge on any atom is -0.480 e. The van der Waals surface area contributed by atoms with Crippen molar-refractivity contribution in [1.82, 2.24) is 9.55 Å². The average Bonchev–Trinajstić information content (AvgIpc) is 3.38. The van der Waals surface area contributed by atoms with Gasteiger partial charge in [-0.05, 0) is 70.8 Å². The first-order valence-corrected chi connectivity index (χ1v) is 14.2. The van der Waals surface area contributed by atoms with Gasteiger partial charge < -0.3 is 14.6 Å². The van der Waals surface area contributed by atoms with Crippen LogP contribution in [0.4, 0.5) is 18.9 Å². The standard InChI is InChI=1S/C34H26Cl2F3N3O2/c1-41(21-33(43)44)28-14-4-23(5-15-28)19-42-20-31(29-16-13-27(35)18-30(29)36)40-32(42)17-6-22-2-7-24(8-3-22)25-9-11-26(12-10-25)34(37,38)39/h2-18,20H,19,21H2,1H3,(H,43,44)/b17-6+. The molecule has 0 amide bonds. The molecule has 5 rings (SSSR count). The number of likely N-dealkylation sites (N-methyl/N-ethyl adjacent to an activating group) is 1. The first-order valence-electron chi connectivity index (χ1n) is 13.5. The number of hydrogen-bond donors (Lipinski definition) is 1. The van der Waals surface area contributed by atoms with E-state index in [9.17, 15) is 18.0 Å². The van der Waals surface area contributed by atoms with Crippen LogP contribution in [0.2, 0.25) is 10.0 Å². The number of rotatable bonds is 9. The van der Waals surface area contributed by atoms with Gasteiger partial charge in [-0.1, -0.05) is 77.8 Å². The van der Waals surface area contributed by atoms with Crippen LogP contribution in [0, 0.1) is 0 Å². The van der Waals surface area contributed by atoms with Crippen LogP contribution in [-0.4, -0.2) is 34.2 Å². The Bertz CT molecular complexity index is 1800. The second-order valence-electron chi connectivity index (χ2n) is 10.2. The second-order valence-corrected chi connectivity index (χ2v) is 11.0. The van der Waals surface area contributed by atoms with E-state index in [1.807, 2.05) is 77.5 Å². The smallest absolute Gasteiger partial charge is 0.416 e. The molecule has 0 aliphatic heterocycles. The number of anilines is 1. The summed E-state index contributed by atoms with van der Waals surface area (Å²) in [5.41, 5.74) is 4.86. The highest BCUT2D eigenvalue weighted by molar-refractivity contribution is 6.36. The summed E-state index contributed by atoms with van der Waals surface area (Å²) in [5.74, 6) is -0.237. The number of imidazole rings is 1. The number of carboxylic acid groups (broad SMARTS) is 1. The Kier molecular flexibility index (Phi) is 9.13. The number of carbonyl (C=O) groups is 1. The molecule has 0 bridgehead atoms. The van der Waals surface area contributed by atoms with E-state index in [-0.39, 0.29) is 6.54 Å². The lowest BCUT2D eigenvalue weighted by Crippen LogP contribution is -2.24. The van der Waals surface area contributed by atoms with Crippen molar-refractivity contribution in [3.05, 3.63) is 130 Å². The molecule has 1 N–H and O–H groups in total. The molecule has 0 aliphatic rings. The molecule has 0 spiro atoms. The monoisotopic (exact) mass is 635 g/mol. The number of aromatic nitrogens is 2. The lowest BCUT2D eigenvalue weighted by molar-refractivity contribution is -0.137. The maximum Gasteiger partial charge on any atom is 0.416 e. The van der Waals surface area contributed by atoms with E-state index in [0.717, 1.165) is 40.1 Å². The van der Waals surface area contributed by atoms with Crippen molar-refractivity contribution in [3.8, 4) is 22.4 Å². The zero-order chi connectivity index (χ0) is 31.4. The average molecular weight is 637 g/mol. The Labute approximate surface area is 262 Å². The van der Waals surface area contributed by atoms with Crippen molar-refractivity contribution in [2.24, 2.45) is 0 Å². The highest BCUT2D eigenvalue weighted by Gasteiger charge is 2.30. The number of carboxylic acids is 1. The first-order chi connectivity index (χ1) is 21.0. The molecule has 44 heavy (non-hydrogen) atoms. The summed E-state index contributed by atoms with van der Waals surface area (Å²) in [6.45, 7) is 0.389. The number of alkyl halides is 3. The van der Waals surface area contributed by atoms with Gasteiger partial charge in [-0.3, -0.25) is 4.79 Å². The summed E-state index contributed by atoms with van der Waals surface area (Å²) in [4.78, 5) is 17.6. The predicted molar refractivity (Wildman–Crippen MR) is 170 cm³/mol. The lowest BCUT2D eigenvalue weighted by atomic mass is 10.0. The van der Waals surface area contributed by atoms with Crippen LogP contribution in [0.5, 0.6) is 0 Å². The van der Waals surface area contributed by atoms with Gasteiger partial charge in [0.05, 0.1) is 16.3 Å². The van der Waals surface area contributed by atoms with Crippen LogP contribution in [-0.2, 0) is 17.5 Å². The summed E-state index contributed by atoms with van der Waals surface area (Å²) in [7, 11) is 1.72. The summed E-state index contributed by atoms with van der Waals surface area (Å²) in [6, 6.07) is 25.4. The maximum atomic E-state index is 12.9. The van der Waals surface area contributed by atoms with Gasteiger partial charge in [-0.15, -0.1) is 0 Å². The van der Waals surface area contributed by atoms with Gasteiger partial charge in [0.1, 0.15) is 12.4 Å². The molecule has 0 aliphatic carbocycles. The molecule has 1 aromatic heterocycles. The predicted octanol–water partition coefficient (Wildman–Crippen LogP) is 9.28. The van der Waals surface area contributed by atoms with Crippen molar-refractivity contribution < 1.29 is 23.1 Å². The second kappa shape index (κ2) is 13.0. The van der Waals surface area contributed by atoms with Crippen molar-refractivity contribution in [3.63, 3.8) is 0 Å². The van der Waals surface area contributed by atoms with E-state index in [0.29, 0.717) is 33.7 Å². The zero-order valence-corrected chi connectivity index (χ0v) is 24.9. The SMILES string of the molecule is CN(CC(=O)O)c1ccc(Cn2cc(-c3ccc(Cl)cc3Cl)nc2/C=C/c2ccc(-c3ccc(C(F)(F)F)cc3)cc2)cc1. The van der Waals surface area contributed by atoms with Gasteiger partial charge in [0.25, 0.3) is 0 Å². The van der Waals surface area contributed by atoms with E-state index >= 15 is 0 Å². The highest BCUT2D eigenvalue weighted by atomic mass is 35.5. The Balaban J connectivity index is 1.40. The molecule has 0 saturated carbocycles. The Morgan fingerprint density at radius 2 is 1.55 bits per heavy atom. The summed E-state index contributed by atoms with van der Waals surface area (Å²) in [6.07, 6.45) is 1.33. The number of hydrogen-bond acceptors (Lipinski definition) is 3. The normalized spacial score (nSPS) is 11.7. The largest absolute Gasteiger partial charge is 0.480 e. The van der Waals surface area contributed by atoms with E-state index in [1.54, 1.807) is 24.1 Å². The fourth-order valence-electron chi connectivity index (χ4n) is 4.67. The molecule has 0 fully saturated rings. The molecule has 10 heteroatoms. The van der Waals surface area contributed by atoms with Crippen LogP contribution < -0.4 is 4.90 Å². The molecule has 0 unspecified atom stereocenters. The number of nitrogens with zero attached hydrogens (tertiary/aromatic N) is 3. The molecule has 5 nitrogen and oxygen atoms in total. The fraction of sp³-hybridized carbons (Fsp3) is 0.118. The molecule has 0 atom stereocenters. The maximum absolute atomic E-state index is 12.9. The minimum atomic E-state index is -4.38. The third-order valence-electron chi connectivity index (χ3n) is 7.00. The van der Waals surface area contributed by atoms with Gasteiger partial charge in [-0.2, -0.15) is 13.2 Å². The van der Waals surface area contributed by atoms with Crippen molar-refractivity contribution in [2.75, 3.05) is 18.5 Å². The van der Waals surface area contributed by atoms with Crippen molar-refractivity contribution in [2.45, 2.75) is 12.7 Å². The van der Waals surface area contributed by atoms with E-state index in [2.05, 4.69) is 0 Å². The summed E-state index contributed by atoms with van der Waals surface area (Å²) < 4.78 is 40.8. The molecule has 5 aromatic rings. The third kappa shape index (κ3) is 7.51. The fourth-order valence-corrected chi connectivity index (χ4v) is 5.18. The topological polar surface area (TPSA) is 58.4 Å². The Hall–Kier alpha value is -4.53. The van der Waals surface area contributed by atoms with Crippen molar-refractivity contribution in [1.29, 1.82) is 0 Å². The van der Waals surface area contributed by atoms with Crippen LogP contribution in [0.25, 0.3) is 34.5 Å². The highest BCUT2D eigenvalue weighted by Crippen LogP contribution is 2.32. The van der Waals surface area contributed by atoms with Gasteiger partial charge in [0, 0.05) is 36.1 Å². The number of aliphatic carboxylic acids is 1. The van der Waals surface area contributed by atoms with Gasteiger partial charge >= 0.3 is 12.1 Å². The molecule has 0 radical (unpaired) electrons. The quantitative estimate of drug-likeness (QED) is 0.175. The minimum absolute atomic E-state index is 0.105. The van der Waals surface area contributed by atoms with Crippen LogP contribution in [0.1, 0.15) is 22.5 Å². The van der Waals surface area contributed by atoms with Crippen molar-refractivity contribution >= 4 is 47.0 Å². The zero-order valence-electron chi connectivity index (χ0n) is 23.4. The summed E-state index contributed by atoms with van der Waals surface area (Å²) in [5, 5.41) is 10.1. The molecule has 1 heterocycles. The molecule has 0 saturated heterocycles. The van der Waals surface area contributed by atoms with E-state index in [1.165, 1.54) is 12.1 Å². The van der Waals surface area contributed by atoms with Gasteiger partial charge in [0.2, 0.25) is 0 Å². The molecular weight excluding hydrogens is 610 g/mol. The lowest BCUT2D eigenvalue weighted by Gasteiger charge is -2.17. The molecule has 224 valence electrons. The van der Waals surface area contributed by atoms with Crippen LogP contribution in [0.3, 0.4) is 0 Å². The summed E-state index contributed by atoms with van der Waals surface area (Å²) >= 11 is 12.6. The molecular formula is C34H26Cl2F3N3O2. The van der Waals surface area contributed by atoms with Gasteiger partial charge in [-0.25, -0.2) is 4.98 Å². The van der Waals surface area contributed by atoms with E-state index < -0.39 is 17.7 Å². The van der Waals surface area contributed by atoms with Crippen LogP contribution in [0.15, 0.2) is 97.2 Å². The Morgan fingerprint density at radius 1 is 0.909 bits per heavy atom. The first kappa shape index (κ1) is 30.9. The van der Waals surface area contributed by atoms with Gasteiger partial charge in [0.15, 0.2) is 0 Å². The third-order valence-corrected chi connectivity index (χ3v) is 7.55.